The Balaban J connectivity index is -0.0000000450. The zero-order valence-electron chi connectivity index (χ0n) is 2.46. The van der Waals surface area contributed by atoms with Gasteiger partial charge in [-0.25, -0.2) is 0 Å². The third-order valence-corrected chi connectivity index (χ3v) is 0. The Hall–Kier alpha value is -0.321. The molecular weight excluding hydrogens is 140 g/mol. The van der Waals surface area contributed by atoms with Crippen LogP contribution in [-0.4, -0.2) is 10.3 Å². The Labute approximate surface area is 44.5 Å². The number of rotatable bonds is 0. The molecule has 0 aromatic heterocycles. The zero-order valence-corrected chi connectivity index (χ0v) is 3.40. The molecule has 0 heterocycles. The van der Waals surface area contributed by atoms with Gasteiger partial charge < -0.3 is 5.21 Å². The van der Waals surface area contributed by atoms with Crippen molar-refractivity contribution in [2.45, 2.75) is 0 Å². The molecule has 6 heavy (non-hydrogen) atoms. The van der Waals surface area contributed by atoms with Crippen LogP contribution in [0.15, 0.2) is 0 Å². The molecule has 0 aliphatic rings. The Bertz CT molecular complexity index is 31.8. The second-order valence-corrected chi connectivity index (χ2v) is 0.238. The van der Waals surface area contributed by atoms with Crippen molar-refractivity contribution in [1.29, 1.82) is 0 Å². The maximum absolute atomic E-state index is 8.36. The van der Waals surface area contributed by atoms with E-state index < -0.39 is 5.09 Å². The maximum Gasteiger partial charge on any atom is 0.291 e. The van der Waals surface area contributed by atoms with E-state index in [9.17, 15) is 0 Å². The van der Waals surface area contributed by atoms with Gasteiger partial charge in [0.2, 0.25) is 0 Å². The van der Waals surface area contributed by atoms with Gasteiger partial charge in [0.15, 0.2) is 0 Å². The van der Waals surface area contributed by atoms with Crippen LogP contribution in [-0.2, 0) is 17.1 Å². The molecule has 1 N–H and O–H groups in total. The molecule has 0 aliphatic heterocycles. The summed E-state index contributed by atoms with van der Waals surface area (Å²) in [6.45, 7) is 0. The van der Waals surface area contributed by atoms with E-state index >= 15 is 0 Å². The molecule has 0 aromatic carbocycles. The number of hydrogen-bond acceptors (Lipinski definition) is 2. The van der Waals surface area contributed by atoms with Crippen LogP contribution in [0.4, 0.5) is 0 Å². The Morgan fingerprint density at radius 3 is 1.67 bits per heavy atom. The van der Waals surface area contributed by atoms with Gasteiger partial charge in [-0.05, 0) is 0 Å². The van der Waals surface area contributed by atoms with Crippen LogP contribution < -0.4 is 6.15 Å². The molecule has 0 atom stereocenters. The average Bonchev–Trinajstić information content (AvgIpc) is 0.811. The quantitative estimate of drug-likeness (QED) is 0.270. The molecule has 40 valence electrons. The van der Waals surface area contributed by atoms with Crippen molar-refractivity contribution in [2.75, 3.05) is 0 Å². The molecule has 0 spiro atoms. The van der Waals surface area contributed by atoms with E-state index in [0.717, 1.165) is 0 Å². The summed E-state index contributed by atoms with van der Waals surface area (Å²) in [7, 11) is 0. The van der Waals surface area contributed by atoms with Crippen molar-refractivity contribution in [3.05, 3.63) is 10.1 Å². The van der Waals surface area contributed by atoms with Gasteiger partial charge in [0.25, 0.3) is 5.09 Å². The molecule has 0 unspecified atom stereocenters. The first kappa shape index (κ1) is 17.3. The third-order valence-electron chi connectivity index (χ3n) is 0. The van der Waals surface area contributed by atoms with E-state index in [1.807, 2.05) is 0 Å². The summed E-state index contributed by atoms with van der Waals surface area (Å²) < 4.78 is 0. The predicted molar refractivity (Wildman–Crippen MR) is 10.9 cm³/mol. The van der Waals surface area contributed by atoms with Crippen LogP contribution >= 0.6 is 0 Å². The van der Waals surface area contributed by atoms with Crippen molar-refractivity contribution < 1.29 is 27.4 Å². The van der Waals surface area contributed by atoms with Crippen molar-refractivity contribution in [2.24, 2.45) is 0 Å². The van der Waals surface area contributed by atoms with E-state index in [-0.39, 0.29) is 23.2 Å². The van der Waals surface area contributed by atoms with Crippen molar-refractivity contribution in [3.8, 4) is 0 Å². The Morgan fingerprint density at radius 1 is 1.67 bits per heavy atom. The predicted octanol–water partition coefficient (Wildman–Crippen LogP) is -0.831. The molecule has 5 nitrogen and oxygen atoms in total. The minimum Gasteiger partial charge on any atom is -0.328 e. The minimum absolute atomic E-state index is 0. The summed E-state index contributed by atoms with van der Waals surface area (Å²) in [5, 5.41) is 13.6. The molecule has 0 saturated heterocycles. The molecule has 6 heteroatoms. The molecule has 0 aliphatic carbocycles. The molecule has 0 saturated carbocycles. The monoisotopic (exact) mass is 140 g/mol. The normalized spacial score (nSPS) is 4.00. The van der Waals surface area contributed by atoms with E-state index in [1.165, 1.54) is 0 Å². The van der Waals surface area contributed by atoms with E-state index in [1.54, 1.807) is 0 Å². The molecule has 4 radical (unpaired) electrons. The van der Waals surface area contributed by atoms with Crippen LogP contribution in [0, 0.1) is 10.1 Å². The summed E-state index contributed by atoms with van der Waals surface area (Å²) in [4.78, 5) is 8.36. The largest absolute Gasteiger partial charge is 0.328 e. The van der Waals surface area contributed by atoms with Gasteiger partial charge in [0, 0.05) is 23.2 Å². The SMILES string of the molecule is O=[N+]([O-])O.[Cu].[N]. The number of nitrogens with zero attached hydrogens (tertiary/aromatic N) is 2. The Morgan fingerprint density at radius 2 is 1.67 bits per heavy atom. The smallest absolute Gasteiger partial charge is 0.291 e. The fourth-order valence-corrected chi connectivity index (χ4v) is 0. The summed E-state index contributed by atoms with van der Waals surface area (Å²) >= 11 is 0. The maximum atomic E-state index is 8.36. The molecule has 0 fully saturated rings. The average molecular weight is 141 g/mol. The van der Waals surface area contributed by atoms with E-state index in [2.05, 4.69) is 0 Å². The van der Waals surface area contributed by atoms with Gasteiger partial charge in [-0.3, -0.25) is 0 Å². The molecule has 0 amide bonds. The van der Waals surface area contributed by atoms with Gasteiger partial charge in [-0.1, -0.05) is 0 Å². The van der Waals surface area contributed by atoms with Crippen LogP contribution in [0.3, 0.4) is 0 Å². The number of hydrogen-bond donors (Lipinski definition) is 1. The fraction of sp³-hybridized carbons (Fsp3) is 0. The van der Waals surface area contributed by atoms with E-state index in [4.69, 9.17) is 15.3 Å². The summed E-state index contributed by atoms with van der Waals surface area (Å²) in [5.74, 6) is 0. The fourth-order valence-electron chi connectivity index (χ4n) is 0. The third kappa shape index (κ3) is 257. The van der Waals surface area contributed by atoms with Crippen LogP contribution in [0.25, 0.3) is 0 Å². The van der Waals surface area contributed by atoms with Gasteiger partial charge in [-0.15, -0.1) is 10.1 Å². The minimum atomic E-state index is -1.50. The molecular formula is HCuN2O3. The summed E-state index contributed by atoms with van der Waals surface area (Å²) in [6, 6.07) is 0. The zero-order chi connectivity index (χ0) is 3.58. The van der Waals surface area contributed by atoms with Crippen molar-refractivity contribution in [1.82, 2.24) is 6.15 Å². The van der Waals surface area contributed by atoms with Crippen LogP contribution in [0.5, 0.6) is 0 Å². The summed E-state index contributed by atoms with van der Waals surface area (Å²) in [6.07, 6.45) is 0. The summed E-state index contributed by atoms with van der Waals surface area (Å²) in [5.41, 5.74) is 0. The van der Waals surface area contributed by atoms with Crippen molar-refractivity contribution >= 4 is 0 Å². The first-order chi connectivity index (χ1) is 1.73. The van der Waals surface area contributed by atoms with Crippen LogP contribution in [0.1, 0.15) is 0 Å². The molecule has 0 aromatic rings. The van der Waals surface area contributed by atoms with Gasteiger partial charge in [-0.2, -0.15) is 0 Å². The topological polar surface area (TPSA) is 93.9 Å². The van der Waals surface area contributed by atoms with Gasteiger partial charge in [0.05, 0.1) is 0 Å². The standard InChI is InChI=1S/Cu.HNO3.N/c;2-1(3)4;/h;(H,2,3,4);. The van der Waals surface area contributed by atoms with Crippen molar-refractivity contribution in [3.63, 3.8) is 0 Å². The molecule has 0 bridgehead atoms. The molecule has 0 rings (SSSR count). The van der Waals surface area contributed by atoms with Gasteiger partial charge in [0.1, 0.15) is 0 Å². The van der Waals surface area contributed by atoms with E-state index in [0.29, 0.717) is 0 Å². The first-order valence-electron chi connectivity index (χ1n) is 0.565. The second-order valence-electron chi connectivity index (χ2n) is 0.238. The first-order valence-corrected chi connectivity index (χ1v) is 0.565. The van der Waals surface area contributed by atoms with Gasteiger partial charge >= 0.3 is 0 Å². The Kier molecular flexibility index (Phi) is 25.5. The van der Waals surface area contributed by atoms with Crippen LogP contribution in [0.2, 0.25) is 0 Å². The second kappa shape index (κ2) is 8.82.